The van der Waals surface area contributed by atoms with E-state index in [9.17, 15) is 13.2 Å². The fourth-order valence-electron chi connectivity index (χ4n) is 1.63. The monoisotopic (exact) mass is 357 g/mol. The normalized spacial score (nSPS) is 13.8. The van der Waals surface area contributed by atoms with Crippen LogP contribution < -0.4 is 5.73 Å². The summed E-state index contributed by atoms with van der Waals surface area (Å²) in [5.41, 5.74) is 7.97. The Labute approximate surface area is 113 Å². The van der Waals surface area contributed by atoms with Gasteiger partial charge >= 0.3 is 6.18 Å². The van der Waals surface area contributed by atoms with Crippen LogP contribution in [0.15, 0.2) is 18.2 Å². The van der Waals surface area contributed by atoms with Crippen LogP contribution in [0.3, 0.4) is 0 Å². The molecule has 0 bridgehead atoms. The Hall–Kier alpha value is -0.300. The number of hydrogen-bond acceptors (Lipinski definition) is 1. The van der Waals surface area contributed by atoms with E-state index in [1.54, 1.807) is 0 Å². The number of nitrogens with two attached hydrogens (primary N) is 1. The van der Waals surface area contributed by atoms with Crippen molar-refractivity contribution in [3.05, 3.63) is 32.9 Å². The molecule has 0 aromatic heterocycles. The van der Waals surface area contributed by atoms with E-state index in [4.69, 9.17) is 5.73 Å². The lowest BCUT2D eigenvalue weighted by Gasteiger charge is -2.15. The van der Waals surface area contributed by atoms with Gasteiger partial charge < -0.3 is 5.73 Å². The number of hydrogen-bond donors (Lipinski definition) is 1. The van der Waals surface area contributed by atoms with E-state index in [0.717, 1.165) is 14.7 Å². The predicted molar refractivity (Wildman–Crippen MR) is 70.7 cm³/mol. The van der Waals surface area contributed by atoms with Crippen LogP contribution in [0.25, 0.3) is 0 Å². The van der Waals surface area contributed by atoms with E-state index in [1.165, 1.54) is 0 Å². The summed E-state index contributed by atoms with van der Waals surface area (Å²) in [5, 5.41) is 0. The summed E-state index contributed by atoms with van der Waals surface area (Å²) < 4.78 is 37.1. The fraction of sp³-hybridized carbons (Fsp3) is 0.500. The van der Waals surface area contributed by atoms with Crippen LogP contribution in [0.5, 0.6) is 0 Å². The van der Waals surface area contributed by atoms with Gasteiger partial charge in [0, 0.05) is 16.0 Å². The van der Waals surface area contributed by atoms with Gasteiger partial charge in [0.25, 0.3) is 0 Å². The standard InChI is InChI=1S/C12H15F3IN/c1-8-4-2-5-9(11(8)16)10(17)6-3-7-12(13,14)15/h2,4-5,10H,3,6-7,17H2,1H3. The van der Waals surface area contributed by atoms with E-state index in [2.05, 4.69) is 22.6 Å². The van der Waals surface area contributed by atoms with Crippen LogP contribution in [0.4, 0.5) is 13.2 Å². The number of alkyl halides is 3. The molecular formula is C12H15F3IN. The molecule has 0 aliphatic carbocycles. The highest BCUT2D eigenvalue weighted by Crippen LogP contribution is 2.28. The van der Waals surface area contributed by atoms with Gasteiger partial charge in [-0.25, -0.2) is 0 Å². The van der Waals surface area contributed by atoms with Gasteiger partial charge in [0.2, 0.25) is 0 Å². The summed E-state index contributed by atoms with van der Waals surface area (Å²) in [4.78, 5) is 0. The second-order valence-electron chi connectivity index (χ2n) is 4.09. The molecule has 0 aliphatic heterocycles. The lowest BCUT2D eigenvalue weighted by atomic mass is 10.0. The molecule has 0 spiro atoms. The summed E-state index contributed by atoms with van der Waals surface area (Å²) in [5.74, 6) is 0. The molecule has 0 amide bonds. The number of rotatable bonds is 4. The Balaban J connectivity index is 2.58. The molecule has 1 aromatic rings. The highest BCUT2D eigenvalue weighted by atomic mass is 127. The van der Waals surface area contributed by atoms with Gasteiger partial charge in [0.15, 0.2) is 0 Å². The minimum Gasteiger partial charge on any atom is -0.324 e. The molecule has 5 heteroatoms. The van der Waals surface area contributed by atoms with E-state index >= 15 is 0 Å². The zero-order valence-electron chi connectivity index (χ0n) is 9.52. The molecule has 0 heterocycles. The average Bonchev–Trinajstić information content (AvgIpc) is 2.20. The Bertz CT molecular complexity index is 377. The third kappa shape index (κ3) is 4.83. The Morgan fingerprint density at radius 3 is 2.59 bits per heavy atom. The van der Waals surface area contributed by atoms with Crippen molar-refractivity contribution in [3.63, 3.8) is 0 Å². The molecular weight excluding hydrogens is 342 g/mol. The van der Waals surface area contributed by atoms with Crippen molar-refractivity contribution in [3.8, 4) is 0 Å². The van der Waals surface area contributed by atoms with E-state index in [0.29, 0.717) is 6.42 Å². The first-order valence-corrected chi connectivity index (χ1v) is 6.46. The third-order valence-corrected chi connectivity index (χ3v) is 4.07. The van der Waals surface area contributed by atoms with Crippen molar-refractivity contribution in [2.75, 3.05) is 0 Å². The number of halogens is 4. The highest BCUT2D eigenvalue weighted by Gasteiger charge is 2.26. The first-order chi connectivity index (χ1) is 7.81. The van der Waals surface area contributed by atoms with Gasteiger partial charge in [-0.15, -0.1) is 0 Å². The zero-order chi connectivity index (χ0) is 13.1. The maximum atomic E-state index is 12.0. The van der Waals surface area contributed by atoms with Gasteiger partial charge in [-0.1, -0.05) is 18.2 Å². The van der Waals surface area contributed by atoms with Crippen molar-refractivity contribution >= 4 is 22.6 Å². The Kier molecular flexibility index (Phi) is 5.24. The molecule has 1 rings (SSSR count). The average molecular weight is 357 g/mol. The maximum absolute atomic E-state index is 12.0. The second-order valence-corrected chi connectivity index (χ2v) is 5.17. The quantitative estimate of drug-likeness (QED) is 0.798. The predicted octanol–water partition coefficient (Wildman–Crippen LogP) is 4.33. The summed E-state index contributed by atoms with van der Waals surface area (Å²) in [6.07, 6.45) is -4.41. The maximum Gasteiger partial charge on any atom is 0.389 e. The van der Waals surface area contributed by atoms with Gasteiger partial charge in [-0.3, -0.25) is 0 Å². The van der Waals surface area contributed by atoms with E-state index in [-0.39, 0.29) is 12.5 Å². The van der Waals surface area contributed by atoms with Gasteiger partial charge in [-0.2, -0.15) is 13.2 Å². The molecule has 1 atom stereocenters. The Morgan fingerprint density at radius 2 is 2.00 bits per heavy atom. The van der Waals surface area contributed by atoms with Crippen LogP contribution in [0.1, 0.15) is 36.4 Å². The van der Waals surface area contributed by atoms with Gasteiger partial charge in [0.1, 0.15) is 0 Å². The molecule has 1 unspecified atom stereocenters. The molecule has 1 nitrogen and oxygen atoms in total. The minimum absolute atomic E-state index is 0.0781. The molecule has 2 N–H and O–H groups in total. The smallest absolute Gasteiger partial charge is 0.324 e. The van der Waals surface area contributed by atoms with Gasteiger partial charge in [-0.05, 0) is 53.5 Å². The molecule has 0 radical (unpaired) electrons. The molecule has 96 valence electrons. The molecule has 0 saturated heterocycles. The van der Waals surface area contributed by atoms with E-state index < -0.39 is 12.6 Å². The summed E-state index contributed by atoms with van der Waals surface area (Å²) in [6, 6.07) is 5.42. The van der Waals surface area contributed by atoms with Crippen molar-refractivity contribution in [2.45, 2.75) is 38.4 Å². The number of aryl methyl sites for hydroxylation is 1. The summed E-state index contributed by atoms with van der Waals surface area (Å²) in [6.45, 7) is 1.97. The van der Waals surface area contributed by atoms with Gasteiger partial charge in [0.05, 0.1) is 0 Å². The molecule has 0 aliphatic rings. The van der Waals surface area contributed by atoms with Crippen molar-refractivity contribution < 1.29 is 13.2 Å². The third-order valence-electron chi connectivity index (χ3n) is 2.60. The topological polar surface area (TPSA) is 26.0 Å². The largest absolute Gasteiger partial charge is 0.389 e. The lowest BCUT2D eigenvalue weighted by molar-refractivity contribution is -0.135. The summed E-state index contributed by atoms with van der Waals surface area (Å²) in [7, 11) is 0. The van der Waals surface area contributed by atoms with Crippen LogP contribution >= 0.6 is 22.6 Å². The van der Waals surface area contributed by atoms with Crippen LogP contribution in [0, 0.1) is 10.5 Å². The van der Waals surface area contributed by atoms with Crippen LogP contribution in [-0.2, 0) is 0 Å². The minimum atomic E-state index is -4.08. The fourth-order valence-corrected chi connectivity index (χ4v) is 2.39. The first-order valence-electron chi connectivity index (χ1n) is 5.38. The lowest BCUT2D eigenvalue weighted by Crippen LogP contribution is -2.14. The first kappa shape index (κ1) is 14.8. The molecule has 0 fully saturated rings. The Morgan fingerprint density at radius 1 is 1.35 bits per heavy atom. The van der Waals surface area contributed by atoms with Crippen molar-refractivity contribution in [1.29, 1.82) is 0 Å². The second kappa shape index (κ2) is 6.04. The van der Waals surface area contributed by atoms with E-state index in [1.807, 2.05) is 25.1 Å². The number of benzene rings is 1. The molecule has 17 heavy (non-hydrogen) atoms. The highest BCUT2D eigenvalue weighted by molar-refractivity contribution is 14.1. The summed E-state index contributed by atoms with van der Waals surface area (Å²) >= 11 is 2.19. The molecule has 1 aromatic carbocycles. The zero-order valence-corrected chi connectivity index (χ0v) is 11.7. The SMILES string of the molecule is Cc1cccc(C(N)CCCC(F)(F)F)c1I. The van der Waals surface area contributed by atoms with Crippen molar-refractivity contribution in [2.24, 2.45) is 5.73 Å². The van der Waals surface area contributed by atoms with Crippen LogP contribution in [-0.4, -0.2) is 6.18 Å². The molecule has 0 saturated carbocycles. The van der Waals surface area contributed by atoms with Crippen LogP contribution in [0.2, 0.25) is 0 Å². The van der Waals surface area contributed by atoms with Crippen molar-refractivity contribution in [1.82, 2.24) is 0 Å².